The van der Waals surface area contributed by atoms with Crippen molar-refractivity contribution in [2.45, 2.75) is 50.7 Å². The summed E-state index contributed by atoms with van der Waals surface area (Å²) < 4.78 is 27.0. The smallest absolute Gasteiger partial charge is 0.346 e. The number of hydrogen-bond donors (Lipinski definition) is 1. The molecule has 0 saturated heterocycles. The predicted molar refractivity (Wildman–Crippen MR) is 84.6 cm³/mol. The first-order chi connectivity index (χ1) is 9.84. The monoisotopic (exact) mass is 333 g/mol. The number of sulfonamides is 1. The van der Waals surface area contributed by atoms with E-state index >= 15 is 0 Å². The van der Waals surface area contributed by atoms with Crippen LogP contribution in [0.2, 0.25) is 0 Å². The van der Waals surface area contributed by atoms with Crippen LogP contribution in [0.4, 0.5) is 0 Å². The summed E-state index contributed by atoms with van der Waals surface area (Å²) in [5, 5.41) is 9.07. The Morgan fingerprint density at radius 3 is 2.14 bits per heavy atom. The van der Waals surface area contributed by atoms with Crippen molar-refractivity contribution in [3.05, 3.63) is 16.5 Å². The Hall–Kier alpha value is -0.920. The van der Waals surface area contributed by atoms with Crippen LogP contribution in [0.3, 0.4) is 0 Å². The summed E-state index contributed by atoms with van der Waals surface area (Å²) in [6.07, 6.45) is 3.45. The molecule has 0 aliphatic heterocycles. The molecule has 0 atom stereocenters. The van der Waals surface area contributed by atoms with E-state index in [0.29, 0.717) is 18.7 Å². The van der Waals surface area contributed by atoms with Crippen LogP contribution in [0, 0.1) is 6.92 Å². The van der Waals surface area contributed by atoms with E-state index < -0.39 is 16.0 Å². The van der Waals surface area contributed by atoms with Crippen LogP contribution in [0.25, 0.3) is 0 Å². The maximum Gasteiger partial charge on any atom is 0.346 e. The molecule has 0 aromatic carbocycles. The zero-order valence-corrected chi connectivity index (χ0v) is 14.4. The van der Waals surface area contributed by atoms with Crippen molar-refractivity contribution in [1.29, 1.82) is 0 Å². The molecule has 1 aromatic heterocycles. The van der Waals surface area contributed by atoms with Crippen LogP contribution in [-0.2, 0) is 10.0 Å². The second-order valence-electron chi connectivity index (χ2n) is 4.99. The SMILES string of the molecule is CCCCN(CCCC)S(=O)(=O)c1cc(C)c(C(=O)O)s1. The summed E-state index contributed by atoms with van der Waals surface area (Å²) >= 11 is 0.841. The summed E-state index contributed by atoms with van der Waals surface area (Å²) in [5.41, 5.74) is 0.497. The van der Waals surface area contributed by atoms with E-state index in [0.717, 1.165) is 37.0 Å². The lowest BCUT2D eigenvalue weighted by atomic mass is 10.3. The van der Waals surface area contributed by atoms with Gasteiger partial charge in [0.1, 0.15) is 9.09 Å². The molecule has 0 radical (unpaired) electrons. The number of aromatic carboxylic acids is 1. The number of hydrogen-bond acceptors (Lipinski definition) is 4. The van der Waals surface area contributed by atoms with Crippen LogP contribution in [0.15, 0.2) is 10.3 Å². The number of rotatable bonds is 9. The van der Waals surface area contributed by atoms with Gasteiger partial charge in [0.15, 0.2) is 0 Å². The number of nitrogens with zero attached hydrogens (tertiary/aromatic N) is 1. The first-order valence-corrected chi connectivity index (χ1v) is 9.44. The third kappa shape index (κ3) is 4.52. The number of carboxylic acids is 1. The summed E-state index contributed by atoms with van der Waals surface area (Å²) in [4.78, 5) is 11.2. The van der Waals surface area contributed by atoms with Crippen LogP contribution in [0.5, 0.6) is 0 Å². The van der Waals surface area contributed by atoms with Crippen molar-refractivity contribution in [2.75, 3.05) is 13.1 Å². The van der Waals surface area contributed by atoms with Gasteiger partial charge in [0.05, 0.1) is 0 Å². The van der Waals surface area contributed by atoms with Gasteiger partial charge in [0.25, 0.3) is 10.0 Å². The van der Waals surface area contributed by atoms with Crippen molar-refractivity contribution in [3.63, 3.8) is 0 Å². The van der Waals surface area contributed by atoms with Crippen LogP contribution < -0.4 is 0 Å². The summed E-state index contributed by atoms with van der Waals surface area (Å²) in [6.45, 7) is 6.63. The van der Waals surface area contributed by atoms with Crippen molar-refractivity contribution >= 4 is 27.3 Å². The van der Waals surface area contributed by atoms with Gasteiger partial charge in [-0.15, -0.1) is 11.3 Å². The quantitative estimate of drug-likeness (QED) is 0.752. The van der Waals surface area contributed by atoms with E-state index in [1.807, 2.05) is 13.8 Å². The standard InChI is InChI=1S/C14H23NO4S2/c1-4-6-8-15(9-7-5-2)21(18,19)12-10-11(3)13(20-12)14(16)17/h10H,4-9H2,1-3H3,(H,16,17). The van der Waals surface area contributed by atoms with E-state index in [-0.39, 0.29) is 9.09 Å². The number of carbonyl (C=O) groups is 1. The highest BCUT2D eigenvalue weighted by Crippen LogP contribution is 2.29. The molecule has 0 fully saturated rings. The highest BCUT2D eigenvalue weighted by Gasteiger charge is 2.27. The molecule has 120 valence electrons. The third-order valence-corrected chi connectivity index (χ3v) is 6.78. The molecule has 21 heavy (non-hydrogen) atoms. The van der Waals surface area contributed by atoms with E-state index in [9.17, 15) is 13.2 Å². The number of thiophene rings is 1. The van der Waals surface area contributed by atoms with Crippen molar-refractivity contribution in [1.82, 2.24) is 4.31 Å². The Labute approximate surface area is 130 Å². The third-order valence-electron chi connectivity index (χ3n) is 3.21. The Balaban J connectivity index is 3.09. The lowest BCUT2D eigenvalue weighted by molar-refractivity contribution is 0.0701. The zero-order valence-electron chi connectivity index (χ0n) is 12.8. The maximum atomic E-state index is 12.7. The lowest BCUT2D eigenvalue weighted by Crippen LogP contribution is -2.32. The van der Waals surface area contributed by atoms with E-state index in [2.05, 4.69) is 0 Å². The predicted octanol–water partition coefficient (Wildman–Crippen LogP) is 3.35. The Kier molecular flexibility index (Phi) is 6.83. The summed E-state index contributed by atoms with van der Waals surface area (Å²) in [7, 11) is -3.59. The summed E-state index contributed by atoms with van der Waals surface area (Å²) in [5.74, 6) is -1.08. The van der Waals surface area contributed by atoms with E-state index in [1.54, 1.807) is 6.92 Å². The molecule has 1 aromatic rings. The van der Waals surface area contributed by atoms with Crippen molar-refractivity contribution in [2.24, 2.45) is 0 Å². The van der Waals surface area contributed by atoms with Crippen molar-refractivity contribution < 1.29 is 18.3 Å². The van der Waals surface area contributed by atoms with Crippen LogP contribution >= 0.6 is 11.3 Å². The van der Waals surface area contributed by atoms with E-state index in [4.69, 9.17) is 5.11 Å². The van der Waals surface area contributed by atoms with Gasteiger partial charge in [-0.25, -0.2) is 13.2 Å². The number of carboxylic acid groups (broad SMARTS) is 1. The van der Waals surface area contributed by atoms with Gasteiger partial charge in [0.2, 0.25) is 0 Å². The average Bonchev–Trinajstić information content (AvgIpc) is 2.81. The molecule has 0 amide bonds. The van der Waals surface area contributed by atoms with Crippen molar-refractivity contribution in [3.8, 4) is 0 Å². The first kappa shape index (κ1) is 18.1. The fraction of sp³-hybridized carbons (Fsp3) is 0.643. The van der Waals surface area contributed by atoms with E-state index in [1.165, 1.54) is 10.4 Å². The largest absolute Gasteiger partial charge is 0.477 e. The Morgan fingerprint density at radius 1 is 1.24 bits per heavy atom. The number of unbranched alkanes of at least 4 members (excludes halogenated alkanes) is 2. The highest BCUT2D eigenvalue weighted by molar-refractivity contribution is 7.91. The first-order valence-electron chi connectivity index (χ1n) is 7.18. The molecule has 0 bridgehead atoms. The minimum Gasteiger partial charge on any atom is -0.477 e. The molecule has 1 rings (SSSR count). The normalized spacial score (nSPS) is 12.0. The fourth-order valence-electron chi connectivity index (χ4n) is 1.94. The van der Waals surface area contributed by atoms with Gasteiger partial charge in [-0.1, -0.05) is 26.7 Å². The summed E-state index contributed by atoms with van der Waals surface area (Å²) in [6, 6.07) is 1.47. The molecule has 0 aliphatic rings. The second kappa shape index (κ2) is 7.91. The molecule has 0 saturated carbocycles. The van der Waals surface area contributed by atoms with Gasteiger partial charge in [0, 0.05) is 13.1 Å². The molecule has 5 nitrogen and oxygen atoms in total. The van der Waals surface area contributed by atoms with Crippen LogP contribution in [0.1, 0.15) is 54.8 Å². The highest BCUT2D eigenvalue weighted by atomic mass is 32.2. The van der Waals surface area contributed by atoms with Gasteiger partial charge in [-0.2, -0.15) is 4.31 Å². The second-order valence-corrected chi connectivity index (χ2v) is 8.21. The fourth-order valence-corrected chi connectivity index (χ4v) is 4.99. The molecule has 1 N–H and O–H groups in total. The number of aryl methyl sites for hydroxylation is 1. The Bertz CT molecular complexity index is 570. The average molecular weight is 333 g/mol. The van der Waals surface area contributed by atoms with Gasteiger partial charge in [-0.05, 0) is 31.4 Å². The van der Waals surface area contributed by atoms with Gasteiger partial charge in [-0.3, -0.25) is 0 Å². The van der Waals surface area contributed by atoms with Gasteiger partial charge >= 0.3 is 5.97 Å². The van der Waals surface area contributed by atoms with Gasteiger partial charge < -0.3 is 5.11 Å². The molecule has 7 heteroatoms. The molecule has 0 aliphatic carbocycles. The van der Waals surface area contributed by atoms with Crippen LogP contribution in [-0.4, -0.2) is 36.9 Å². The Morgan fingerprint density at radius 2 is 1.76 bits per heavy atom. The molecule has 0 unspecified atom stereocenters. The maximum absolute atomic E-state index is 12.7. The molecular formula is C14H23NO4S2. The lowest BCUT2D eigenvalue weighted by Gasteiger charge is -2.20. The zero-order chi connectivity index (χ0) is 16.0. The minimum atomic E-state index is -3.59. The molecule has 0 spiro atoms. The minimum absolute atomic E-state index is 0.0968. The molecule has 1 heterocycles. The topological polar surface area (TPSA) is 74.7 Å². The molecular weight excluding hydrogens is 310 g/mol.